The first-order chi connectivity index (χ1) is 8.63. The molecule has 4 nitrogen and oxygen atoms in total. The minimum atomic E-state index is -0.103. The number of hydrogen-bond acceptors (Lipinski definition) is 3. The molecule has 0 radical (unpaired) electrons. The van der Waals surface area contributed by atoms with Crippen LogP contribution >= 0.6 is 15.9 Å². The van der Waals surface area contributed by atoms with Crippen molar-refractivity contribution in [3.63, 3.8) is 0 Å². The Balaban J connectivity index is 2.44. The second-order valence-electron chi connectivity index (χ2n) is 3.95. The van der Waals surface area contributed by atoms with E-state index in [-0.39, 0.29) is 11.7 Å². The Morgan fingerprint density at radius 3 is 3.00 bits per heavy atom. The Morgan fingerprint density at radius 2 is 2.28 bits per heavy atom. The quantitative estimate of drug-likeness (QED) is 0.481. The van der Waals surface area contributed by atoms with Gasteiger partial charge in [0.2, 0.25) is 5.91 Å². The second kappa shape index (κ2) is 7.87. The first-order valence-electron chi connectivity index (χ1n) is 5.94. The molecule has 0 saturated carbocycles. The monoisotopic (exact) mass is 312 g/mol. The number of phenolic OH excluding ortho intramolecular Hbond substituents is 1. The van der Waals surface area contributed by atoms with E-state index in [2.05, 4.69) is 33.4 Å². The van der Waals surface area contributed by atoms with Crippen LogP contribution in [0.25, 0.3) is 0 Å². The lowest BCUT2D eigenvalue weighted by molar-refractivity contribution is -0.121. The number of aromatic hydroxyl groups is 1. The third-order valence-electron chi connectivity index (χ3n) is 2.39. The van der Waals surface area contributed by atoms with Crippen LogP contribution in [0, 0.1) is 0 Å². The van der Waals surface area contributed by atoms with Crippen molar-refractivity contribution >= 4 is 28.1 Å². The number of carbonyl (C=O) groups excluding carboxylic acids is 1. The van der Waals surface area contributed by atoms with Crippen molar-refractivity contribution in [1.29, 1.82) is 0 Å². The van der Waals surface area contributed by atoms with Crippen LogP contribution in [0.1, 0.15) is 38.2 Å². The summed E-state index contributed by atoms with van der Waals surface area (Å²) in [7, 11) is 0. The highest BCUT2D eigenvalue weighted by Gasteiger charge is 2.00. The highest BCUT2D eigenvalue weighted by molar-refractivity contribution is 9.10. The van der Waals surface area contributed by atoms with Crippen molar-refractivity contribution in [1.82, 2.24) is 5.43 Å². The van der Waals surface area contributed by atoms with Crippen molar-refractivity contribution in [2.24, 2.45) is 5.10 Å². The summed E-state index contributed by atoms with van der Waals surface area (Å²) in [5, 5.41) is 13.4. The second-order valence-corrected chi connectivity index (χ2v) is 4.87. The number of phenols is 1. The van der Waals surface area contributed by atoms with E-state index < -0.39 is 0 Å². The number of hydrazone groups is 1. The summed E-state index contributed by atoms with van der Waals surface area (Å²) in [6, 6.07) is 5.02. The van der Waals surface area contributed by atoms with E-state index in [1.807, 2.05) is 0 Å². The average molecular weight is 313 g/mol. The molecule has 5 heteroatoms. The van der Waals surface area contributed by atoms with Crippen LogP contribution in [0.15, 0.2) is 27.8 Å². The molecule has 0 bridgehead atoms. The first kappa shape index (κ1) is 14.7. The summed E-state index contributed by atoms with van der Waals surface area (Å²) in [6.45, 7) is 2.09. The molecule has 0 aliphatic heterocycles. The van der Waals surface area contributed by atoms with E-state index in [1.165, 1.54) is 6.21 Å². The Bertz CT molecular complexity index is 433. The molecule has 0 aliphatic rings. The molecule has 1 aromatic rings. The fourth-order valence-corrected chi connectivity index (χ4v) is 1.77. The first-order valence-corrected chi connectivity index (χ1v) is 6.73. The minimum Gasteiger partial charge on any atom is -0.507 e. The predicted molar refractivity (Wildman–Crippen MR) is 75.7 cm³/mol. The molecule has 1 amide bonds. The zero-order chi connectivity index (χ0) is 13.4. The van der Waals surface area contributed by atoms with E-state index in [9.17, 15) is 9.90 Å². The van der Waals surface area contributed by atoms with Crippen LogP contribution in [-0.4, -0.2) is 17.2 Å². The maximum atomic E-state index is 11.4. The number of carbonyl (C=O) groups is 1. The van der Waals surface area contributed by atoms with Crippen molar-refractivity contribution < 1.29 is 9.90 Å². The summed E-state index contributed by atoms with van der Waals surface area (Å²) in [5.74, 6) is 0.0244. The molecule has 2 N–H and O–H groups in total. The molecule has 98 valence electrons. The molecule has 0 heterocycles. The third kappa shape index (κ3) is 5.31. The summed E-state index contributed by atoms with van der Waals surface area (Å²) in [6.07, 6.45) is 4.92. The average Bonchev–Trinajstić information content (AvgIpc) is 2.34. The number of rotatable bonds is 6. The smallest absolute Gasteiger partial charge is 0.240 e. The Kier molecular flexibility index (Phi) is 6.43. The molecule has 0 saturated heterocycles. The van der Waals surface area contributed by atoms with Gasteiger partial charge in [-0.2, -0.15) is 5.10 Å². The van der Waals surface area contributed by atoms with Gasteiger partial charge in [-0.05, 0) is 24.6 Å². The number of benzene rings is 1. The van der Waals surface area contributed by atoms with E-state index in [0.29, 0.717) is 12.0 Å². The van der Waals surface area contributed by atoms with Crippen LogP contribution < -0.4 is 5.43 Å². The number of hydrogen-bond donors (Lipinski definition) is 2. The topological polar surface area (TPSA) is 61.7 Å². The van der Waals surface area contributed by atoms with Gasteiger partial charge < -0.3 is 5.11 Å². The SMILES string of the molecule is CCCCCC(=O)N/N=C/c1cc(Br)ccc1O. The fourth-order valence-electron chi connectivity index (χ4n) is 1.39. The molecular formula is C13H17BrN2O2. The van der Waals surface area contributed by atoms with Gasteiger partial charge in [0.1, 0.15) is 5.75 Å². The molecule has 0 atom stereocenters. The maximum absolute atomic E-state index is 11.4. The lowest BCUT2D eigenvalue weighted by atomic mass is 10.2. The lowest BCUT2D eigenvalue weighted by Crippen LogP contribution is -2.16. The number of unbranched alkanes of at least 4 members (excludes halogenated alkanes) is 2. The molecule has 0 aliphatic carbocycles. The Hall–Kier alpha value is -1.36. The lowest BCUT2D eigenvalue weighted by Gasteiger charge is -2.00. The Labute approximate surface area is 115 Å². The van der Waals surface area contributed by atoms with Crippen molar-refractivity contribution in [2.45, 2.75) is 32.6 Å². The minimum absolute atomic E-state index is 0.103. The summed E-state index contributed by atoms with van der Waals surface area (Å²) in [5.41, 5.74) is 2.99. The van der Waals surface area contributed by atoms with Gasteiger partial charge in [-0.25, -0.2) is 5.43 Å². The van der Waals surface area contributed by atoms with Crippen LogP contribution in [0.2, 0.25) is 0 Å². The molecule has 18 heavy (non-hydrogen) atoms. The third-order valence-corrected chi connectivity index (χ3v) is 2.88. The number of amides is 1. The zero-order valence-electron chi connectivity index (χ0n) is 10.3. The van der Waals surface area contributed by atoms with Crippen molar-refractivity contribution in [3.8, 4) is 5.75 Å². The van der Waals surface area contributed by atoms with Crippen LogP contribution in [0.5, 0.6) is 5.75 Å². The van der Waals surface area contributed by atoms with E-state index >= 15 is 0 Å². The van der Waals surface area contributed by atoms with Gasteiger partial charge in [0.25, 0.3) is 0 Å². The van der Waals surface area contributed by atoms with E-state index in [4.69, 9.17) is 0 Å². The highest BCUT2D eigenvalue weighted by Crippen LogP contribution is 2.19. The molecule has 0 spiro atoms. The fraction of sp³-hybridized carbons (Fsp3) is 0.385. The van der Waals surface area contributed by atoms with Crippen LogP contribution in [-0.2, 0) is 4.79 Å². The maximum Gasteiger partial charge on any atom is 0.240 e. The predicted octanol–water partition coefficient (Wildman–Crippen LogP) is 3.19. The van der Waals surface area contributed by atoms with Gasteiger partial charge in [0.15, 0.2) is 0 Å². The van der Waals surface area contributed by atoms with Gasteiger partial charge in [-0.1, -0.05) is 35.7 Å². The van der Waals surface area contributed by atoms with E-state index in [0.717, 1.165) is 23.7 Å². The van der Waals surface area contributed by atoms with Crippen LogP contribution in [0.4, 0.5) is 0 Å². The highest BCUT2D eigenvalue weighted by atomic mass is 79.9. The van der Waals surface area contributed by atoms with Crippen molar-refractivity contribution in [2.75, 3.05) is 0 Å². The number of nitrogens with zero attached hydrogens (tertiary/aromatic N) is 1. The van der Waals surface area contributed by atoms with Gasteiger partial charge in [0.05, 0.1) is 6.21 Å². The molecular weight excluding hydrogens is 296 g/mol. The van der Waals surface area contributed by atoms with Crippen molar-refractivity contribution in [3.05, 3.63) is 28.2 Å². The summed E-state index contributed by atoms with van der Waals surface area (Å²) in [4.78, 5) is 11.4. The molecule has 0 aromatic heterocycles. The molecule has 0 fully saturated rings. The van der Waals surface area contributed by atoms with Crippen LogP contribution in [0.3, 0.4) is 0 Å². The molecule has 1 aromatic carbocycles. The Morgan fingerprint density at radius 1 is 1.50 bits per heavy atom. The summed E-state index contributed by atoms with van der Waals surface area (Å²) >= 11 is 3.30. The largest absolute Gasteiger partial charge is 0.507 e. The normalized spacial score (nSPS) is 10.8. The zero-order valence-corrected chi connectivity index (χ0v) is 11.9. The number of nitrogens with one attached hydrogen (secondary N) is 1. The van der Waals surface area contributed by atoms with Gasteiger partial charge in [0, 0.05) is 16.5 Å². The van der Waals surface area contributed by atoms with Gasteiger partial charge >= 0.3 is 0 Å². The molecule has 0 unspecified atom stereocenters. The van der Waals surface area contributed by atoms with Gasteiger partial charge in [-0.3, -0.25) is 4.79 Å². The van der Waals surface area contributed by atoms with Gasteiger partial charge in [-0.15, -0.1) is 0 Å². The number of halogens is 1. The summed E-state index contributed by atoms with van der Waals surface area (Å²) < 4.78 is 0.844. The molecule has 1 rings (SSSR count). The van der Waals surface area contributed by atoms with E-state index in [1.54, 1.807) is 18.2 Å². The standard InChI is InChI=1S/C13H17BrN2O2/c1-2-3-4-5-13(18)16-15-9-10-8-11(14)6-7-12(10)17/h6-9,17H,2-5H2,1H3,(H,16,18)/b15-9+.